The summed E-state index contributed by atoms with van der Waals surface area (Å²) in [7, 11) is 1.66. The second kappa shape index (κ2) is 14.3. The van der Waals surface area contributed by atoms with Gasteiger partial charge in [0.15, 0.2) is 0 Å². The normalized spacial score (nSPS) is 11.1. The fraction of sp³-hybridized carbons (Fsp3) is 0.385. The summed E-state index contributed by atoms with van der Waals surface area (Å²) in [6.45, 7) is 7.07. The first-order valence-electron chi connectivity index (χ1n) is 11.5. The van der Waals surface area contributed by atoms with Gasteiger partial charge in [0.2, 0.25) is 5.95 Å². The highest BCUT2D eigenvalue weighted by atomic mass is 16.5. The average molecular weight is 466 g/mol. The third kappa shape index (κ3) is 9.44. The first kappa shape index (κ1) is 25.6. The second-order valence-corrected chi connectivity index (χ2v) is 8.01. The molecule has 0 fully saturated rings. The molecule has 0 aliphatic rings. The minimum atomic E-state index is 0.247. The van der Waals surface area contributed by atoms with Crippen LogP contribution in [-0.2, 0) is 27.3 Å². The van der Waals surface area contributed by atoms with Gasteiger partial charge >= 0.3 is 0 Å². The number of nitrogens with two attached hydrogens (primary N) is 1. The molecule has 0 radical (unpaired) electrons. The van der Waals surface area contributed by atoms with Gasteiger partial charge in [-0.2, -0.15) is 4.98 Å². The van der Waals surface area contributed by atoms with Gasteiger partial charge in [0, 0.05) is 38.5 Å². The van der Waals surface area contributed by atoms with E-state index in [4.69, 9.17) is 19.9 Å². The first-order valence-corrected chi connectivity index (χ1v) is 11.5. The average Bonchev–Trinajstić information content (AvgIpc) is 2.82. The second-order valence-electron chi connectivity index (χ2n) is 8.01. The molecule has 0 spiro atoms. The summed E-state index contributed by atoms with van der Waals surface area (Å²) >= 11 is 0. The summed E-state index contributed by atoms with van der Waals surface area (Å²) < 4.78 is 16.2. The summed E-state index contributed by atoms with van der Waals surface area (Å²) in [6.07, 6.45) is 0. The summed E-state index contributed by atoms with van der Waals surface area (Å²) in [5, 5.41) is 3.32. The zero-order chi connectivity index (χ0) is 24.0. The zero-order valence-electron chi connectivity index (χ0n) is 20.1. The third-order valence-electron chi connectivity index (χ3n) is 5.11. The molecule has 1 heterocycles. The van der Waals surface area contributed by atoms with E-state index in [9.17, 15) is 0 Å². The Labute approximate surface area is 202 Å². The molecule has 0 bridgehead atoms. The van der Waals surface area contributed by atoms with Crippen LogP contribution in [0, 0.1) is 6.92 Å². The highest BCUT2D eigenvalue weighted by molar-refractivity contribution is 5.57. The number of aromatic nitrogens is 2. The molecule has 0 unspecified atom stereocenters. The van der Waals surface area contributed by atoms with Crippen molar-refractivity contribution in [2.75, 3.05) is 57.7 Å². The van der Waals surface area contributed by atoms with E-state index < -0.39 is 0 Å². The topological polar surface area (TPSA) is 94.8 Å². The third-order valence-corrected chi connectivity index (χ3v) is 5.11. The lowest BCUT2D eigenvalue weighted by Crippen LogP contribution is -2.28. The Morgan fingerprint density at radius 1 is 0.853 bits per heavy atom. The zero-order valence-corrected chi connectivity index (χ0v) is 20.1. The maximum atomic E-state index is 6.03. The van der Waals surface area contributed by atoms with Crippen LogP contribution in [0.4, 0.5) is 17.5 Å². The van der Waals surface area contributed by atoms with Crippen LogP contribution < -0.4 is 11.1 Å². The van der Waals surface area contributed by atoms with Crippen molar-refractivity contribution in [1.82, 2.24) is 14.9 Å². The van der Waals surface area contributed by atoms with E-state index in [1.54, 1.807) is 7.11 Å². The molecule has 8 nitrogen and oxygen atoms in total. The fourth-order valence-electron chi connectivity index (χ4n) is 3.39. The quantitative estimate of drug-likeness (QED) is 0.327. The van der Waals surface area contributed by atoms with E-state index in [1.807, 2.05) is 36.4 Å². The van der Waals surface area contributed by atoms with Gasteiger partial charge in [-0.15, -0.1) is 0 Å². The Kier molecular flexibility index (Phi) is 10.7. The largest absolute Gasteiger partial charge is 0.382 e. The molecular formula is C26H35N5O3. The number of hydrogen-bond donors (Lipinski definition) is 2. The van der Waals surface area contributed by atoms with Gasteiger partial charge < -0.3 is 25.3 Å². The summed E-state index contributed by atoms with van der Waals surface area (Å²) in [6, 6.07) is 20.5. The predicted molar refractivity (Wildman–Crippen MR) is 135 cm³/mol. The van der Waals surface area contributed by atoms with Crippen molar-refractivity contribution < 1.29 is 14.2 Å². The van der Waals surface area contributed by atoms with Crippen molar-refractivity contribution in [3.63, 3.8) is 0 Å². The molecule has 182 valence electrons. The number of benzene rings is 2. The highest BCUT2D eigenvalue weighted by Crippen LogP contribution is 2.18. The Balaban J connectivity index is 1.60. The number of hydrogen-bond acceptors (Lipinski definition) is 8. The van der Waals surface area contributed by atoms with Gasteiger partial charge in [-0.3, -0.25) is 4.90 Å². The van der Waals surface area contributed by atoms with Gasteiger partial charge in [0.05, 0.1) is 38.7 Å². The summed E-state index contributed by atoms with van der Waals surface area (Å²) in [4.78, 5) is 11.1. The Morgan fingerprint density at radius 2 is 1.56 bits per heavy atom. The summed E-state index contributed by atoms with van der Waals surface area (Å²) in [5.74, 6) is 0.923. The van der Waals surface area contributed by atoms with Crippen molar-refractivity contribution in [2.45, 2.75) is 20.0 Å². The van der Waals surface area contributed by atoms with E-state index in [2.05, 4.69) is 51.4 Å². The molecule has 3 rings (SSSR count). The molecule has 0 amide bonds. The van der Waals surface area contributed by atoms with Crippen LogP contribution in [0.5, 0.6) is 0 Å². The molecule has 0 atom stereocenters. The van der Waals surface area contributed by atoms with Crippen LogP contribution in [-0.4, -0.2) is 61.6 Å². The van der Waals surface area contributed by atoms with E-state index in [0.717, 1.165) is 24.5 Å². The molecule has 34 heavy (non-hydrogen) atoms. The van der Waals surface area contributed by atoms with Crippen molar-refractivity contribution in [2.24, 2.45) is 0 Å². The van der Waals surface area contributed by atoms with E-state index in [-0.39, 0.29) is 5.95 Å². The van der Waals surface area contributed by atoms with Crippen molar-refractivity contribution in [1.29, 1.82) is 0 Å². The minimum Gasteiger partial charge on any atom is -0.382 e. The van der Waals surface area contributed by atoms with Crippen LogP contribution in [0.1, 0.15) is 16.8 Å². The van der Waals surface area contributed by atoms with Gasteiger partial charge in [-0.25, -0.2) is 4.98 Å². The molecule has 8 heteroatoms. The number of rotatable bonds is 15. The molecule has 3 N–H and O–H groups in total. The summed E-state index contributed by atoms with van der Waals surface area (Å²) in [5.41, 5.74) is 10.3. The highest BCUT2D eigenvalue weighted by Gasteiger charge is 2.11. The molecule has 0 aliphatic heterocycles. The van der Waals surface area contributed by atoms with Gasteiger partial charge in [0.1, 0.15) is 5.82 Å². The molecule has 0 saturated heterocycles. The van der Waals surface area contributed by atoms with Crippen LogP contribution in [0.15, 0.2) is 60.7 Å². The van der Waals surface area contributed by atoms with Crippen LogP contribution in [0.3, 0.4) is 0 Å². The van der Waals surface area contributed by atoms with Crippen molar-refractivity contribution in [3.05, 3.63) is 77.5 Å². The Hall–Kier alpha value is -3.04. The van der Waals surface area contributed by atoms with Crippen LogP contribution in [0.2, 0.25) is 0 Å². The number of methoxy groups -OCH3 is 1. The molecular weight excluding hydrogens is 430 g/mol. The number of anilines is 3. The first-order chi connectivity index (χ1) is 16.6. The van der Waals surface area contributed by atoms with Crippen molar-refractivity contribution >= 4 is 17.5 Å². The monoisotopic (exact) mass is 465 g/mol. The van der Waals surface area contributed by atoms with E-state index >= 15 is 0 Å². The van der Waals surface area contributed by atoms with E-state index in [0.29, 0.717) is 45.4 Å². The smallest absolute Gasteiger partial charge is 0.222 e. The molecule has 2 aromatic carbocycles. The predicted octanol–water partition coefficient (Wildman–Crippen LogP) is 3.79. The van der Waals surface area contributed by atoms with Gasteiger partial charge in [-0.05, 0) is 24.6 Å². The number of aryl methyl sites for hydroxylation is 1. The Bertz CT molecular complexity index is 970. The van der Waals surface area contributed by atoms with Crippen LogP contribution >= 0.6 is 0 Å². The fourth-order valence-corrected chi connectivity index (χ4v) is 3.39. The van der Waals surface area contributed by atoms with Crippen molar-refractivity contribution in [3.8, 4) is 0 Å². The minimum absolute atomic E-state index is 0.247. The molecule has 3 aromatic rings. The van der Waals surface area contributed by atoms with E-state index in [1.165, 1.54) is 11.1 Å². The lowest BCUT2D eigenvalue weighted by molar-refractivity contribution is 0.0184. The van der Waals surface area contributed by atoms with Crippen LogP contribution in [0.25, 0.3) is 0 Å². The molecule has 1 aromatic heterocycles. The molecule has 0 aliphatic carbocycles. The number of ether oxygens (including phenoxy) is 3. The molecule has 0 saturated carbocycles. The lowest BCUT2D eigenvalue weighted by atomic mass is 10.2. The number of nitrogens with one attached hydrogen (secondary N) is 1. The maximum absolute atomic E-state index is 6.03. The number of nitrogen functional groups attached to an aromatic ring is 1. The van der Waals surface area contributed by atoms with Gasteiger partial charge in [0.25, 0.3) is 0 Å². The SMILES string of the molecule is COCCOCCOCCN(Cc1ccccc1)Cc1cc(Nc2ccc(C)cc2)nc(N)n1. The lowest BCUT2D eigenvalue weighted by Gasteiger charge is -2.22. The van der Waals surface area contributed by atoms with Gasteiger partial charge in [-0.1, -0.05) is 48.0 Å². The standard InChI is InChI=1S/C26H35N5O3/c1-21-8-10-23(11-9-21)28-25-18-24(29-26(27)30-25)20-31(19-22-6-4-3-5-7-22)12-13-33-16-17-34-15-14-32-2/h3-11,18H,12-17,19-20H2,1-2H3,(H3,27,28,29,30). The maximum Gasteiger partial charge on any atom is 0.222 e. The number of nitrogens with zero attached hydrogens (tertiary/aromatic N) is 3. The Morgan fingerprint density at radius 3 is 2.29 bits per heavy atom.